The largest absolute Gasteiger partial charge is 0.354 e. The van der Waals surface area contributed by atoms with Gasteiger partial charge in [0, 0.05) is 18.2 Å². The Kier molecular flexibility index (Phi) is 3.67. The van der Waals surface area contributed by atoms with E-state index in [0.717, 1.165) is 19.3 Å². The first-order valence-electron chi connectivity index (χ1n) is 6.88. The summed E-state index contributed by atoms with van der Waals surface area (Å²) in [6.45, 7) is 8.14. The van der Waals surface area contributed by atoms with Gasteiger partial charge in [-0.25, -0.2) is 4.79 Å². The molecule has 1 N–H and O–H groups in total. The van der Waals surface area contributed by atoms with Gasteiger partial charge in [-0.15, -0.1) is 0 Å². The number of aromatic nitrogens is 2. The number of nitrogens with zero attached hydrogens (tertiary/aromatic N) is 1. The van der Waals surface area contributed by atoms with Gasteiger partial charge in [-0.1, -0.05) is 20.8 Å². The average molecular weight is 266 g/mol. The Morgan fingerprint density at radius 1 is 1.47 bits per heavy atom. The molecular weight excluding hydrogens is 244 g/mol. The number of rotatable bonds is 3. The molecule has 5 nitrogen and oxygen atoms in total. The molecule has 106 valence electrons. The Bertz CT molecular complexity index is 575. The van der Waals surface area contributed by atoms with Crippen LogP contribution in [0.3, 0.4) is 0 Å². The molecule has 1 aliphatic heterocycles. The second kappa shape index (κ2) is 4.96. The molecule has 1 aromatic heterocycles. The first-order chi connectivity index (χ1) is 8.91. The van der Waals surface area contributed by atoms with Crippen molar-refractivity contribution in [3.8, 4) is 0 Å². The number of nitrogens with one attached hydrogen (secondary N) is 1. The molecule has 0 spiro atoms. The average Bonchev–Trinajstić information content (AvgIpc) is 2.71. The fourth-order valence-electron chi connectivity index (χ4n) is 2.86. The summed E-state index contributed by atoms with van der Waals surface area (Å²) in [5, 5.41) is 0. The van der Waals surface area contributed by atoms with Gasteiger partial charge in [0.15, 0.2) is 0 Å². The standard InChI is InChI=1S/C14H22N2O3/c1-5-10-14(4,6-2)7-11(19-10)16-8-9(3)12(17)15-13(16)18/h8,10-11H,5-7H2,1-4H3,(H,15,17,18)/t10-,11-,14?/m0/s1. The minimum absolute atomic E-state index is 0.0862. The summed E-state index contributed by atoms with van der Waals surface area (Å²) in [7, 11) is 0. The lowest BCUT2D eigenvalue weighted by atomic mass is 9.79. The summed E-state index contributed by atoms with van der Waals surface area (Å²) in [4.78, 5) is 25.6. The molecule has 1 aliphatic rings. The van der Waals surface area contributed by atoms with E-state index >= 15 is 0 Å². The Labute approximate surface area is 112 Å². The molecule has 1 aromatic rings. The smallest absolute Gasteiger partial charge is 0.330 e. The number of aryl methyl sites for hydroxylation is 1. The molecule has 0 bridgehead atoms. The van der Waals surface area contributed by atoms with Crippen molar-refractivity contribution in [2.24, 2.45) is 5.41 Å². The minimum atomic E-state index is -0.393. The SMILES string of the molecule is CC[C@@H]1O[C@H](n2cc(C)c(=O)[nH]c2=O)CC1(C)CC. The van der Waals surface area contributed by atoms with Crippen LogP contribution in [0.5, 0.6) is 0 Å². The molecule has 0 aliphatic carbocycles. The van der Waals surface area contributed by atoms with Crippen LogP contribution in [0.2, 0.25) is 0 Å². The zero-order valence-electron chi connectivity index (χ0n) is 12.0. The summed E-state index contributed by atoms with van der Waals surface area (Å²) in [5.74, 6) is 0. The van der Waals surface area contributed by atoms with E-state index in [1.54, 1.807) is 13.1 Å². The van der Waals surface area contributed by atoms with Crippen molar-refractivity contribution < 1.29 is 4.74 Å². The van der Waals surface area contributed by atoms with Gasteiger partial charge >= 0.3 is 5.69 Å². The van der Waals surface area contributed by atoms with E-state index in [1.807, 2.05) is 0 Å². The van der Waals surface area contributed by atoms with Crippen LogP contribution < -0.4 is 11.2 Å². The summed E-state index contributed by atoms with van der Waals surface area (Å²) in [5.41, 5.74) is -0.107. The molecule has 19 heavy (non-hydrogen) atoms. The fourth-order valence-corrected chi connectivity index (χ4v) is 2.86. The molecule has 0 amide bonds. The van der Waals surface area contributed by atoms with Crippen LogP contribution in [0.15, 0.2) is 15.8 Å². The molecule has 1 saturated heterocycles. The highest BCUT2D eigenvalue weighted by Gasteiger charge is 2.43. The summed E-state index contributed by atoms with van der Waals surface area (Å²) < 4.78 is 7.53. The Hall–Kier alpha value is -1.36. The molecule has 1 fully saturated rings. The van der Waals surface area contributed by atoms with Crippen molar-refractivity contribution >= 4 is 0 Å². The van der Waals surface area contributed by atoms with E-state index in [-0.39, 0.29) is 23.3 Å². The van der Waals surface area contributed by atoms with Crippen molar-refractivity contribution in [1.82, 2.24) is 9.55 Å². The maximum atomic E-state index is 11.9. The highest BCUT2D eigenvalue weighted by Crippen LogP contribution is 2.46. The predicted octanol–water partition coefficient (Wildman–Crippen LogP) is 1.96. The van der Waals surface area contributed by atoms with Crippen molar-refractivity contribution in [3.05, 3.63) is 32.6 Å². The lowest BCUT2D eigenvalue weighted by molar-refractivity contribution is -0.0208. The number of hydrogen-bond donors (Lipinski definition) is 1. The van der Waals surface area contributed by atoms with Crippen LogP contribution >= 0.6 is 0 Å². The molecule has 0 saturated carbocycles. The van der Waals surface area contributed by atoms with Gasteiger partial charge in [0.05, 0.1) is 6.10 Å². The summed E-state index contributed by atoms with van der Waals surface area (Å²) in [6.07, 6.45) is 4.21. The van der Waals surface area contributed by atoms with Gasteiger partial charge in [-0.05, 0) is 25.2 Å². The number of aromatic amines is 1. The number of ether oxygens (including phenoxy) is 1. The van der Waals surface area contributed by atoms with Gasteiger partial charge in [-0.2, -0.15) is 0 Å². The van der Waals surface area contributed by atoms with Crippen molar-refractivity contribution in [1.29, 1.82) is 0 Å². The first kappa shape index (κ1) is 14.1. The van der Waals surface area contributed by atoms with Crippen LogP contribution in [-0.4, -0.2) is 15.7 Å². The van der Waals surface area contributed by atoms with Crippen LogP contribution in [0, 0.1) is 12.3 Å². The van der Waals surface area contributed by atoms with E-state index in [0.29, 0.717) is 5.56 Å². The first-order valence-corrected chi connectivity index (χ1v) is 6.88. The Balaban J connectivity index is 2.38. The van der Waals surface area contributed by atoms with E-state index in [1.165, 1.54) is 4.57 Å². The van der Waals surface area contributed by atoms with Gasteiger partial charge in [0.25, 0.3) is 5.56 Å². The maximum absolute atomic E-state index is 11.9. The zero-order valence-corrected chi connectivity index (χ0v) is 12.0. The van der Waals surface area contributed by atoms with Crippen molar-refractivity contribution in [3.63, 3.8) is 0 Å². The third-order valence-corrected chi connectivity index (χ3v) is 4.37. The molecular formula is C14H22N2O3. The van der Waals surface area contributed by atoms with Crippen LogP contribution in [0.4, 0.5) is 0 Å². The highest BCUT2D eigenvalue weighted by molar-refractivity contribution is 5.02. The summed E-state index contributed by atoms with van der Waals surface area (Å²) >= 11 is 0. The summed E-state index contributed by atoms with van der Waals surface area (Å²) in [6, 6.07) is 0. The highest BCUT2D eigenvalue weighted by atomic mass is 16.5. The second-order valence-electron chi connectivity index (χ2n) is 5.68. The molecule has 3 atom stereocenters. The third-order valence-electron chi connectivity index (χ3n) is 4.37. The van der Waals surface area contributed by atoms with E-state index in [2.05, 4.69) is 25.8 Å². The normalized spacial score (nSPS) is 30.7. The van der Waals surface area contributed by atoms with E-state index < -0.39 is 5.69 Å². The lowest BCUT2D eigenvalue weighted by Gasteiger charge is -2.26. The second-order valence-corrected chi connectivity index (χ2v) is 5.68. The van der Waals surface area contributed by atoms with Crippen molar-refractivity contribution in [2.45, 2.75) is 59.3 Å². The van der Waals surface area contributed by atoms with Crippen LogP contribution in [0.25, 0.3) is 0 Å². The monoisotopic (exact) mass is 266 g/mol. The van der Waals surface area contributed by atoms with Crippen molar-refractivity contribution in [2.75, 3.05) is 0 Å². The fraction of sp³-hybridized carbons (Fsp3) is 0.714. The molecule has 5 heteroatoms. The zero-order chi connectivity index (χ0) is 14.2. The van der Waals surface area contributed by atoms with Crippen LogP contribution in [-0.2, 0) is 4.74 Å². The molecule has 2 rings (SSSR count). The van der Waals surface area contributed by atoms with Gasteiger partial charge in [-0.3, -0.25) is 14.3 Å². The van der Waals surface area contributed by atoms with E-state index in [9.17, 15) is 9.59 Å². The molecule has 0 radical (unpaired) electrons. The molecule has 1 unspecified atom stereocenters. The molecule has 2 heterocycles. The van der Waals surface area contributed by atoms with Crippen LogP contribution in [0.1, 0.15) is 51.8 Å². The minimum Gasteiger partial charge on any atom is -0.354 e. The van der Waals surface area contributed by atoms with E-state index in [4.69, 9.17) is 4.74 Å². The van der Waals surface area contributed by atoms with Gasteiger partial charge < -0.3 is 4.74 Å². The number of H-pyrrole nitrogens is 1. The molecule has 0 aromatic carbocycles. The topological polar surface area (TPSA) is 64.1 Å². The quantitative estimate of drug-likeness (QED) is 0.909. The predicted molar refractivity (Wildman–Crippen MR) is 73.3 cm³/mol. The lowest BCUT2D eigenvalue weighted by Crippen LogP contribution is -2.33. The van der Waals surface area contributed by atoms with Gasteiger partial charge in [0.2, 0.25) is 0 Å². The Morgan fingerprint density at radius 2 is 2.16 bits per heavy atom. The van der Waals surface area contributed by atoms with Gasteiger partial charge in [0.1, 0.15) is 6.23 Å². The maximum Gasteiger partial charge on any atom is 0.330 e. The Morgan fingerprint density at radius 3 is 2.68 bits per heavy atom. The number of hydrogen-bond acceptors (Lipinski definition) is 3. The third kappa shape index (κ3) is 2.39.